The Bertz CT molecular complexity index is 1520. The highest BCUT2D eigenvalue weighted by Crippen LogP contribution is 2.75. The van der Waals surface area contributed by atoms with Crippen molar-refractivity contribution in [1.29, 1.82) is 0 Å². The fraction of sp³-hybridized carbons (Fsp3) is 0.667. The maximum Gasteiger partial charge on any atom is 0.339 e. The number of carbonyl (C=O) groups is 5. The van der Waals surface area contributed by atoms with E-state index in [0.29, 0.717) is 0 Å². The Labute approximate surface area is 280 Å². The molecule has 5 rings (SSSR count). The first kappa shape index (κ1) is 35.7. The quantitative estimate of drug-likeness (QED) is 0.235. The van der Waals surface area contributed by atoms with Gasteiger partial charge in [-0.25, -0.2) is 9.59 Å². The lowest BCUT2D eigenvalue weighted by Gasteiger charge is -2.54. The molecular weight excluding hydrogens is 622 g/mol. The minimum Gasteiger partial charge on any atom is -0.462 e. The standard InChI is InChI=1S/C36H47NO11/c1-9-18(3)30(41)47-29-26-27(46-24(40)10-2)19(4)15-36(26,44)32(43)34(8,48-20(5)38)28-25-22(33(25,6)7)14-23(39)35(28,29)17-45-31(42)21-12-11-13-37-16-21/h9,11-13,16,19,22-23,25-29,39,44H,10,14-15,17H2,1-8H3/t19-,22-,23+,25-,26+,27-,28-,29+,34-,35+,36+/m0/s1. The number of allylic oxidation sites excluding steroid dienone is 1. The molecule has 1 heterocycles. The first-order valence-corrected chi connectivity index (χ1v) is 16.7. The topological polar surface area (TPSA) is 176 Å². The number of ether oxygens (including phenoxy) is 4. The van der Waals surface area contributed by atoms with E-state index in [0.717, 1.165) is 6.92 Å². The van der Waals surface area contributed by atoms with Gasteiger partial charge in [-0.3, -0.25) is 19.4 Å². The van der Waals surface area contributed by atoms with Crippen LogP contribution >= 0.6 is 0 Å². The molecule has 1 aromatic heterocycles. The van der Waals surface area contributed by atoms with Crippen molar-refractivity contribution in [3.8, 4) is 0 Å². The van der Waals surface area contributed by atoms with Gasteiger partial charge in [0.05, 0.1) is 23.0 Å². The molecule has 0 unspecified atom stereocenters. The van der Waals surface area contributed by atoms with Crippen molar-refractivity contribution in [2.75, 3.05) is 6.61 Å². The van der Waals surface area contributed by atoms with Crippen molar-refractivity contribution < 1.29 is 53.1 Å². The Morgan fingerprint density at radius 1 is 1.10 bits per heavy atom. The Kier molecular flexibility index (Phi) is 9.18. The number of Topliss-reactive ketones (excluding diaryl/α,β-unsaturated/α-hetero) is 1. The van der Waals surface area contributed by atoms with Crippen molar-refractivity contribution in [2.24, 2.45) is 40.4 Å². The zero-order chi connectivity index (χ0) is 35.6. The fourth-order valence-corrected chi connectivity index (χ4v) is 9.43. The second-order valence-electron chi connectivity index (χ2n) is 14.9. The minimum atomic E-state index is -2.34. The Hall–Kier alpha value is -3.64. The first-order chi connectivity index (χ1) is 22.4. The zero-order valence-corrected chi connectivity index (χ0v) is 28.8. The lowest BCUT2D eigenvalue weighted by Crippen LogP contribution is -2.66. The number of carbonyl (C=O) groups excluding carboxylic acids is 5. The van der Waals surface area contributed by atoms with Crippen molar-refractivity contribution in [3.05, 3.63) is 41.7 Å². The smallest absolute Gasteiger partial charge is 0.339 e. The molecule has 0 spiro atoms. The van der Waals surface area contributed by atoms with E-state index < -0.39 is 100 Å². The van der Waals surface area contributed by atoms with Crippen LogP contribution in [0.15, 0.2) is 36.2 Å². The molecule has 12 nitrogen and oxygen atoms in total. The Morgan fingerprint density at radius 3 is 2.38 bits per heavy atom. The largest absolute Gasteiger partial charge is 0.462 e. The lowest BCUT2D eigenvalue weighted by molar-refractivity contribution is -0.229. The predicted molar refractivity (Wildman–Crippen MR) is 169 cm³/mol. The van der Waals surface area contributed by atoms with Gasteiger partial charge in [-0.1, -0.05) is 33.8 Å². The molecule has 0 amide bonds. The van der Waals surface area contributed by atoms with Crippen LogP contribution in [0.4, 0.5) is 0 Å². The molecule has 262 valence electrons. The number of pyridine rings is 1. The predicted octanol–water partition coefficient (Wildman–Crippen LogP) is 3.37. The summed E-state index contributed by atoms with van der Waals surface area (Å²) in [6, 6.07) is 3.07. The molecule has 0 radical (unpaired) electrons. The Balaban J connectivity index is 1.83. The van der Waals surface area contributed by atoms with E-state index >= 15 is 4.79 Å². The first-order valence-electron chi connectivity index (χ1n) is 16.7. The number of fused-ring (bicyclic) bond motifs is 4. The van der Waals surface area contributed by atoms with Gasteiger partial charge in [-0.2, -0.15) is 0 Å². The molecule has 1 aromatic rings. The number of hydrogen-bond acceptors (Lipinski definition) is 12. The number of hydrogen-bond donors (Lipinski definition) is 2. The summed E-state index contributed by atoms with van der Waals surface area (Å²) in [5.41, 5.74) is -6.42. The number of aliphatic hydroxyl groups excluding tert-OH is 1. The van der Waals surface area contributed by atoms with Crippen LogP contribution < -0.4 is 0 Å². The summed E-state index contributed by atoms with van der Waals surface area (Å²) in [5.74, 6) is -7.53. The van der Waals surface area contributed by atoms with Crippen LogP contribution in [0, 0.1) is 40.4 Å². The number of nitrogens with zero attached hydrogens (tertiary/aromatic N) is 1. The van der Waals surface area contributed by atoms with E-state index in [2.05, 4.69) is 4.98 Å². The highest BCUT2D eigenvalue weighted by atomic mass is 16.6. The molecule has 2 N–H and O–H groups in total. The van der Waals surface area contributed by atoms with E-state index in [1.807, 2.05) is 13.8 Å². The van der Waals surface area contributed by atoms with Crippen molar-refractivity contribution in [3.63, 3.8) is 0 Å². The third-order valence-corrected chi connectivity index (χ3v) is 11.8. The number of rotatable bonds is 8. The average molecular weight is 670 g/mol. The molecule has 0 aromatic carbocycles. The number of aromatic nitrogens is 1. The molecule has 4 fully saturated rings. The third kappa shape index (κ3) is 5.35. The van der Waals surface area contributed by atoms with Crippen LogP contribution in [0.5, 0.6) is 0 Å². The van der Waals surface area contributed by atoms with Crippen molar-refractivity contribution in [1.82, 2.24) is 4.98 Å². The van der Waals surface area contributed by atoms with Crippen molar-refractivity contribution in [2.45, 2.75) is 104 Å². The normalized spacial score (nSPS) is 39.5. The number of esters is 4. The van der Waals surface area contributed by atoms with Crippen LogP contribution in [-0.2, 0) is 38.1 Å². The highest BCUT2D eigenvalue weighted by Gasteiger charge is 2.83. The van der Waals surface area contributed by atoms with Gasteiger partial charge in [-0.15, -0.1) is 0 Å². The summed E-state index contributed by atoms with van der Waals surface area (Å²) >= 11 is 0. The molecule has 11 atom stereocenters. The van der Waals surface area contributed by atoms with Crippen LogP contribution in [0.1, 0.15) is 85.0 Å². The second kappa shape index (κ2) is 12.4. The monoisotopic (exact) mass is 669 g/mol. The molecule has 0 bridgehead atoms. The van der Waals surface area contributed by atoms with Crippen molar-refractivity contribution >= 4 is 29.7 Å². The van der Waals surface area contributed by atoms with Gasteiger partial charge in [0, 0.05) is 37.2 Å². The molecule has 48 heavy (non-hydrogen) atoms. The summed E-state index contributed by atoms with van der Waals surface area (Å²) in [7, 11) is 0. The molecular formula is C36H47NO11. The van der Waals surface area contributed by atoms with Crippen LogP contribution in [-0.4, -0.2) is 81.0 Å². The van der Waals surface area contributed by atoms with Crippen LogP contribution in [0.25, 0.3) is 0 Å². The molecule has 0 saturated heterocycles. The lowest BCUT2D eigenvalue weighted by atomic mass is 9.55. The molecule has 12 heteroatoms. The van der Waals surface area contributed by atoms with Gasteiger partial charge >= 0.3 is 23.9 Å². The van der Waals surface area contributed by atoms with Crippen LogP contribution in [0.3, 0.4) is 0 Å². The third-order valence-electron chi connectivity index (χ3n) is 11.8. The molecule has 0 aliphatic heterocycles. The summed E-state index contributed by atoms with van der Waals surface area (Å²) in [4.78, 5) is 72.1. The van der Waals surface area contributed by atoms with Gasteiger partial charge in [0.1, 0.15) is 24.4 Å². The van der Waals surface area contributed by atoms with E-state index in [1.165, 1.54) is 38.4 Å². The number of ketones is 1. The van der Waals surface area contributed by atoms with Gasteiger partial charge in [0.15, 0.2) is 5.60 Å². The minimum absolute atomic E-state index is 0.00727. The number of aliphatic hydroxyl groups is 2. The summed E-state index contributed by atoms with van der Waals surface area (Å²) in [6.07, 6.45) is 0.215. The summed E-state index contributed by atoms with van der Waals surface area (Å²) < 4.78 is 24.2. The van der Waals surface area contributed by atoms with Gasteiger partial charge in [0.2, 0.25) is 5.78 Å². The zero-order valence-electron chi connectivity index (χ0n) is 28.8. The van der Waals surface area contributed by atoms with Crippen LogP contribution in [0.2, 0.25) is 0 Å². The molecule has 4 aliphatic rings. The maximum atomic E-state index is 15.1. The summed E-state index contributed by atoms with van der Waals surface area (Å²) in [6.45, 7) is 12.4. The molecule has 4 saturated carbocycles. The van der Waals surface area contributed by atoms with Gasteiger partial charge in [-0.05, 0) is 68.9 Å². The SMILES string of the molecule is CC=C(C)C(=O)O[C@@H]1[C@H]2[C@@H](OC(=O)CC)[C@@H](C)C[C@]2(O)C(=O)[C@@](C)(OC(C)=O)[C@@H]2[C@@H]3[C@H](C[C@@H](O)[C@@]12COC(=O)c1cccnc1)C3(C)C. The second-order valence-corrected chi connectivity index (χ2v) is 14.9. The van der Waals surface area contributed by atoms with E-state index in [-0.39, 0.29) is 36.3 Å². The average Bonchev–Trinajstić information content (AvgIpc) is 3.48. The van der Waals surface area contributed by atoms with E-state index in [1.54, 1.807) is 26.8 Å². The van der Waals surface area contributed by atoms with Gasteiger partial charge < -0.3 is 29.2 Å². The van der Waals surface area contributed by atoms with E-state index in [4.69, 9.17) is 18.9 Å². The molecule has 4 aliphatic carbocycles. The van der Waals surface area contributed by atoms with Gasteiger partial charge in [0.25, 0.3) is 0 Å². The fourth-order valence-electron chi connectivity index (χ4n) is 9.43. The maximum absolute atomic E-state index is 15.1. The highest BCUT2D eigenvalue weighted by molar-refractivity contribution is 5.98. The van der Waals surface area contributed by atoms with E-state index in [9.17, 15) is 29.4 Å². The summed E-state index contributed by atoms with van der Waals surface area (Å²) in [5, 5.41) is 25.2. The Morgan fingerprint density at radius 2 is 1.79 bits per heavy atom.